The van der Waals surface area contributed by atoms with Gasteiger partial charge in [0, 0.05) is 22.0 Å². The second kappa shape index (κ2) is 10.6. The predicted octanol–water partition coefficient (Wildman–Crippen LogP) is 11.7. The fourth-order valence-electron chi connectivity index (χ4n) is 7.91. The zero-order valence-electron chi connectivity index (χ0n) is 25.4. The summed E-state index contributed by atoms with van der Waals surface area (Å²) in [4.78, 5) is 2.32. The van der Waals surface area contributed by atoms with E-state index in [1.54, 1.807) is 0 Å². The minimum absolute atomic E-state index is 0.626. The van der Waals surface area contributed by atoms with Crippen molar-refractivity contribution < 1.29 is 0 Å². The summed E-state index contributed by atoms with van der Waals surface area (Å²) in [6.45, 7) is 0. The van der Waals surface area contributed by atoms with Crippen molar-refractivity contribution in [2.24, 2.45) is 0 Å². The highest BCUT2D eigenvalue weighted by Gasteiger charge is 2.52. The van der Waals surface area contributed by atoms with E-state index in [0.717, 1.165) is 50.4 Å². The van der Waals surface area contributed by atoms with Gasteiger partial charge in [0.05, 0.1) is 22.7 Å². The average Bonchev–Trinajstić information content (AvgIpc) is 3.59. The van der Waals surface area contributed by atoms with Gasteiger partial charge in [0.15, 0.2) is 0 Å². The van der Waals surface area contributed by atoms with Crippen molar-refractivity contribution in [2.75, 3.05) is 4.90 Å². The zero-order chi connectivity index (χ0) is 31.5. The van der Waals surface area contributed by atoms with Gasteiger partial charge in [0.25, 0.3) is 0 Å². The number of anilines is 3. The highest BCUT2D eigenvalue weighted by molar-refractivity contribution is 6.31. The van der Waals surface area contributed by atoms with E-state index in [-0.39, 0.29) is 0 Å². The van der Waals surface area contributed by atoms with Crippen molar-refractivity contribution >= 4 is 28.7 Å². The summed E-state index contributed by atoms with van der Waals surface area (Å²) in [5.74, 6) is 0. The maximum atomic E-state index is 10.1. The topological polar surface area (TPSA) is 27.0 Å². The highest BCUT2D eigenvalue weighted by Crippen LogP contribution is 2.65. The van der Waals surface area contributed by atoms with E-state index in [1.807, 2.05) is 18.2 Å². The van der Waals surface area contributed by atoms with Crippen LogP contribution in [0.2, 0.25) is 5.02 Å². The van der Waals surface area contributed by atoms with Gasteiger partial charge in [-0.25, -0.2) is 0 Å². The minimum Gasteiger partial charge on any atom is -0.310 e. The maximum absolute atomic E-state index is 10.1. The van der Waals surface area contributed by atoms with Crippen LogP contribution >= 0.6 is 11.6 Å². The van der Waals surface area contributed by atoms with Crippen molar-refractivity contribution in [3.8, 4) is 39.4 Å². The van der Waals surface area contributed by atoms with Crippen LogP contribution in [0.15, 0.2) is 164 Å². The van der Waals surface area contributed by atoms with Gasteiger partial charge >= 0.3 is 0 Å². The van der Waals surface area contributed by atoms with E-state index < -0.39 is 5.41 Å². The Balaban J connectivity index is 1.39. The van der Waals surface area contributed by atoms with Crippen LogP contribution in [0.1, 0.15) is 27.8 Å². The van der Waals surface area contributed by atoms with Gasteiger partial charge < -0.3 is 4.90 Å². The number of nitrogens with zero attached hydrogens (tertiary/aromatic N) is 2. The van der Waals surface area contributed by atoms with Gasteiger partial charge in [-0.15, -0.1) is 0 Å². The lowest BCUT2D eigenvalue weighted by molar-refractivity contribution is 0.793. The van der Waals surface area contributed by atoms with Gasteiger partial charge in [-0.1, -0.05) is 127 Å². The number of hydrogen-bond acceptors (Lipinski definition) is 2. The third-order valence-corrected chi connectivity index (χ3v) is 9.95. The van der Waals surface area contributed by atoms with Crippen molar-refractivity contribution in [1.82, 2.24) is 0 Å². The summed E-state index contributed by atoms with van der Waals surface area (Å²) < 4.78 is 0. The Hall–Kier alpha value is -5.88. The fraction of sp³-hybridized carbons (Fsp3) is 0.0227. The van der Waals surface area contributed by atoms with Crippen LogP contribution in [0.25, 0.3) is 33.4 Å². The van der Waals surface area contributed by atoms with Gasteiger partial charge in [-0.3, -0.25) is 0 Å². The molecule has 2 aliphatic carbocycles. The second-order valence-electron chi connectivity index (χ2n) is 12.1. The first-order valence-electron chi connectivity index (χ1n) is 15.8. The third-order valence-electron chi connectivity index (χ3n) is 9.73. The monoisotopic (exact) mass is 618 g/mol. The molecule has 0 heterocycles. The molecule has 0 saturated carbocycles. The van der Waals surface area contributed by atoms with Crippen LogP contribution in [0, 0.1) is 11.3 Å². The Morgan fingerprint density at radius 2 is 1.11 bits per heavy atom. The second-order valence-corrected chi connectivity index (χ2v) is 12.6. The van der Waals surface area contributed by atoms with Crippen molar-refractivity contribution in [1.29, 1.82) is 5.26 Å². The SMILES string of the molecule is N#Cc1ccc2c(c1)C1(c3ccccc3-c3ccccc31)c1cc(Cl)cc(N(c3ccccc3)c3cccc(-c4ccccc4)c3)c1-2. The Labute approximate surface area is 279 Å². The molecule has 2 nitrogen and oxygen atoms in total. The Morgan fingerprint density at radius 1 is 0.489 bits per heavy atom. The number of nitriles is 1. The first kappa shape index (κ1) is 27.4. The summed E-state index contributed by atoms with van der Waals surface area (Å²) in [6, 6.07) is 59.9. The third kappa shape index (κ3) is 3.97. The van der Waals surface area contributed by atoms with Crippen LogP contribution in [-0.4, -0.2) is 0 Å². The molecular weight excluding hydrogens is 592 g/mol. The number of hydrogen-bond donors (Lipinski definition) is 0. The molecule has 0 saturated heterocycles. The molecule has 0 fully saturated rings. The summed E-state index contributed by atoms with van der Waals surface area (Å²) in [5, 5.41) is 10.8. The van der Waals surface area contributed by atoms with Crippen LogP contribution in [0.3, 0.4) is 0 Å². The van der Waals surface area contributed by atoms with E-state index in [4.69, 9.17) is 11.6 Å². The summed E-state index contributed by atoms with van der Waals surface area (Å²) in [7, 11) is 0. The Bertz CT molecular complexity index is 2340. The first-order chi connectivity index (χ1) is 23.2. The molecule has 0 atom stereocenters. The van der Waals surface area contributed by atoms with E-state index in [0.29, 0.717) is 10.6 Å². The Kier molecular flexibility index (Phi) is 6.18. The normalized spacial score (nSPS) is 12.9. The van der Waals surface area contributed by atoms with Crippen molar-refractivity contribution in [2.45, 2.75) is 5.41 Å². The smallest absolute Gasteiger partial charge is 0.0991 e. The predicted molar refractivity (Wildman–Crippen MR) is 193 cm³/mol. The largest absolute Gasteiger partial charge is 0.310 e. The molecule has 0 bridgehead atoms. The number of halogens is 1. The molecular formula is C44H27ClN2. The first-order valence-corrected chi connectivity index (χ1v) is 16.2. The maximum Gasteiger partial charge on any atom is 0.0991 e. The lowest BCUT2D eigenvalue weighted by Gasteiger charge is -2.32. The average molecular weight is 619 g/mol. The van der Waals surface area contributed by atoms with Gasteiger partial charge in [0.2, 0.25) is 0 Å². The molecule has 3 heteroatoms. The van der Waals surface area contributed by atoms with Crippen molar-refractivity contribution in [3.05, 3.63) is 197 Å². The van der Waals surface area contributed by atoms with E-state index in [2.05, 4.69) is 157 Å². The molecule has 7 aromatic rings. The molecule has 9 rings (SSSR count). The zero-order valence-corrected chi connectivity index (χ0v) is 26.1. The van der Waals surface area contributed by atoms with Crippen LogP contribution in [-0.2, 0) is 5.41 Å². The lowest BCUT2D eigenvalue weighted by Crippen LogP contribution is -2.26. The van der Waals surface area contributed by atoms with Crippen molar-refractivity contribution in [3.63, 3.8) is 0 Å². The van der Waals surface area contributed by atoms with Crippen LogP contribution < -0.4 is 4.90 Å². The van der Waals surface area contributed by atoms with Gasteiger partial charge in [0.1, 0.15) is 0 Å². The molecule has 0 aliphatic heterocycles. The molecule has 47 heavy (non-hydrogen) atoms. The number of benzene rings is 7. The highest BCUT2D eigenvalue weighted by atomic mass is 35.5. The fourth-order valence-corrected chi connectivity index (χ4v) is 8.12. The minimum atomic E-state index is -0.626. The van der Waals surface area contributed by atoms with E-state index in [1.165, 1.54) is 22.3 Å². The molecule has 7 aromatic carbocycles. The summed E-state index contributed by atoms with van der Waals surface area (Å²) in [5.41, 5.74) is 14.7. The standard InChI is InChI=1S/C44H27ClN2/c45-32-26-41-43(42(27-32)47(33-15-5-2-6-16-33)34-17-11-14-31(25-34)30-12-3-1-4-13-30)37-23-22-29(28-46)24-40(37)44(41)38-20-9-7-18-35(38)36-19-8-10-21-39(36)44/h1-27H. The molecule has 2 aliphatic rings. The lowest BCUT2D eigenvalue weighted by atomic mass is 9.70. The van der Waals surface area contributed by atoms with Gasteiger partial charge in [-0.05, 0) is 98.6 Å². The summed E-state index contributed by atoms with van der Waals surface area (Å²) >= 11 is 7.21. The molecule has 0 unspecified atom stereocenters. The van der Waals surface area contributed by atoms with Crippen LogP contribution in [0.5, 0.6) is 0 Å². The van der Waals surface area contributed by atoms with Crippen LogP contribution in [0.4, 0.5) is 17.1 Å². The molecule has 0 N–H and O–H groups in total. The molecule has 0 radical (unpaired) electrons. The number of fused-ring (bicyclic) bond motifs is 10. The van der Waals surface area contributed by atoms with E-state index >= 15 is 0 Å². The molecule has 0 amide bonds. The molecule has 1 spiro atoms. The molecule has 220 valence electrons. The number of rotatable bonds is 4. The van der Waals surface area contributed by atoms with E-state index in [9.17, 15) is 5.26 Å². The summed E-state index contributed by atoms with van der Waals surface area (Å²) in [6.07, 6.45) is 0. The number of para-hydroxylation sites is 1. The molecule has 0 aromatic heterocycles. The quantitative estimate of drug-likeness (QED) is 0.196. The Morgan fingerprint density at radius 3 is 1.81 bits per heavy atom. The van der Waals surface area contributed by atoms with Gasteiger partial charge in [-0.2, -0.15) is 5.26 Å².